The van der Waals surface area contributed by atoms with E-state index in [1.54, 1.807) is 0 Å². The standard InChI is InChI=1S/C15H11F4NO2/c16-11-2-1-3-12(17)13(11)14(21)20-8-9-4-6-10(7-5-9)22-15(18)19/h1-7,15H,8H2,(H,20,21). The minimum atomic E-state index is -2.92. The van der Waals surface area contributed by atoms with Crippen molar-refractivity contribution in [2.45, 2.75) is 13.2 Å². The van der Waals surface area contributed by atoms with E-state index in [1.165, 1.54) is 24.3 Å². The maximum Gasteiger partial charge on any atom is 0.387 e. The molecule has 0 saturated carbocycles. The van der Waals surface area contributed by atoms with E-state index in [9.17, 15) is 22.4 Å². The molecule has 2 aromatic carbocycles. The highest BCUT2D eigenvalue weighted by atomic mass is 19.3. The van der Waals surface area contributed by atoms with E-state index in [1.807, 2.05) is 0 Å². The molecule has 3 nitrogen and oxygen atoms in total. The summed E-state index contributed by atoms with van der Waals surface area (Å²) in [6.07, 6.45) is 0. The van der Waals surface area contributed by atoms with E-state index in [2.05, 4.69) is 10.1 Å². The molecular weight excluding hydrogens is 302 g/mol. The Labute approximate surface area is 123 Å². The van der Waals surface area contributed by atoms with Crippen LogP contribution >= 0.6 is 0 Å². The Hall–Kier alpha value is -2.57. The van der Waals surface area contributed by atoms with E-state index < -0.39 is 29.7 Å². The average Bonchev–Trinajstić information content (AvgIpc) is 2.46. The van der Waals surface area contributed by atoms with Gasteiger partial charge in [0.2, 0.25) is 0 Å². The summed E-state index contributed by atoms with van der Waals surface area (Å²) in [4.78, 5) is 11.8. The fourth-order valence-corrected chi connectivity index (χ4v) is 1.77. The van der Waals surface area contributed by atoms with Crippen molar-refractivity contribution >= 4 is 5.91 Å². The summed E-state index contributed by atoms with van der Waals surface area (Å²) >= 11 is 0. The van der Waals surface area contributed by atoms with Gasteiger partial charge in [0.25, 0.3) is 5.91 Å². The van der Waals surface area contributed by atoms with Crippen molar-refractivity contribution in [3.63, 3.8) is 0 Å². The highest BCUT2D eigenvalue weighted by Gasteiger charge is 2.16. The first-order chi connectivity index (χ1) is 10.5. The molecule has 0 aliphatic carbocycles. The van der Waals surface area contributed by atoms with Crippen LogP contribution in [0.5, 0.6) is 5.75 Å². The lowest BCUT2D eigenvalue weighted by atomic mass is 10.1. The molecule has 7 heteroatoms. The number of halogens is 4. The summed E-state index contributed by atoms with van der Waals surface area (Å²) in [6.45, 7) is -2.93. The lowest BCUT2D eigenvalue weighted by molar-refractivity contribution is -0.0498. The predicted molar refractivity (Wildman–Crippen MR) is 70.6 cm³/mol. The maximum atomic E-state index is 13.4. The first kappa shape index (κ1) is 15.8. The van der Waals surface area contributed by atoms with Crippen LogP contribution < -0.4 is 10.1 Å². The van der Waals surface area contributed by atoms with Gasteiger partial charge in [-0.25, -0.2) is 8.78 Å². The van der Waals surface area contributed by atoms with Crippen molar-refractivity contribution in [1.29, 1.82) is 0 Å². The number of amides is 1. The number of ether oxygens (including phenoxy) is 1. The molecule has 2 aromatic rings. The Morgan fingerprint density at radius 1 is 1.05 bits per heavy atom. The fraction of sp³-hybridized carbons (Fsp3) is 0.133. The number of carbonyl (C=O) groups excluding carboxylic acids is 1. The molecule has 0 saturated heterocycles. The lowest BCUT2D eigenvalue weighted by Gasteiger charge is -2.08. The Morgan fingerprint density at radius 3 is 2.18 bits per heavy atom. The first-order valence-corrected chi connectivity index (χ1v) is 6.23. The summed E-state index contributed by atoms with van der Waals surface area (Å²) in [5, 5.41) is 2.35. The average molecular weight is 313 g/mol. The molecule has 0 heterocycles. The van der Waals surface area contributed by atoms with E-state index in [-0.39, 0.29) is 12.3 Å². The van der Waals surface area contributed by atoms with Crippen LogP contribution in [0, 0.1) is 11.6 Å². The molecule has 0 aliphatic heterocycles. The number of benzene rings is 2. The molecule has 0 spiro atoms. The van der Waals surface area contributed by atoms with Gasteiger partial charge >= 0.3 is 6.61 Å². The molecule has 0 radical (unpaired) electrons. The molecule has 0 fully saturated rings. The Morgan fingerprint density at radius 2 is 1.64 bits per heavy atom. The fourth-order valence-electron chi connectivity index (χ4n) is 1.77. The first-order valence-electron chi connectivity index (χ1n) is 6.23. The third-order valence-electron chi connectivity index (χ3n) is 2.79. The van der Waals surface area contributed by atoms with E-state index >= 15 is 0 Å². The van der Waals surface area contributed by atoms with Crippen LogP contribution in [0.25, 0.3) is 0 Å². The van der Waals surface area contributed by atoms with Gasteiger partial charge in [0.1, 0.15) is 22.9 Å². The largest absolute Gasteiger partial charge is 0.435 e. The van der Waals surface area contributed by atoms with Gasteiger partial charge in [-0.2, -0.15) is 8.78 Å². The van der Waals surface area contributed by atoms with Gasteiger partial charge in [-0.1, -0.05) is 18.2 Å². The second-order valence-corrected chi connectivity index (χ2v) is 4.30. The summed E-state index contributed by atoms with van der Waals surface area (Å²) in [7, 11) is 0. The summed E-state index contributed by atoms with van der Waals surface area (Å²) in [5.41, 5.74) is -0.105. The van der Waals surface area contributed by atoms with Gasteiger partial charge < -0.3 is 10.1 Å². The number of hydrogen-bond acceptors (Lipinski definition) is 2. The Kier molecular flexibility index (Phi) is 4.98. The van der Waals surface area contributed by atoms with Crippen molar-refractivity contribution in [1.82, 2.24) is 5.32 Å². The minimum Gasteiger partial charge on any atom is -0.435 e. The summed E-state index contributed by atoms with van der Waals surface area (Å²) in [5.74, 6) is -2.84. The normalized spacial score (nSPS) is 10.6. The third kappa shape index (κ3) is 3.97. The number of carbonyl (C=O) groups is 1. The van der Waals surface area contributed by atoms with Crippen LogP contribution in [0.2, 0.25) is 0 Å². The molecule has 2 rings (SSSR count). The van der Waals surface area contributed by atoms with Crippen LogP contribution in [-0.2, 0) is 6.54 Å². The van der Waals surface area contributed by atoms with Crippen LogP contribution in [0.1, 0.15) is 15.9 Å². The SMILES string of the molecule is O=C(NCc1ccc(OC(F)F)cc1)c1c(F)cccc1F. The second kappa shape index (κ2) is 6.93. The van der Waals surface area contributed by atoms with Crippen LogP contribution in [0.3, 0.4) is 0 Å². The maximum absolute atomic E-state index is 13.4. The molecule has 116 valence electrons. The van der Waals surface area contributed by atoms with Crippen LogP contribution in [0.4, 0.5) is 17.6 Å². The molecule has 22 heavy (non-hydrogen) atoms. The van der Waals surface area contributed by atoms with Crippen molar-refractivity contribution in [2.24, 2.45) is 0 Å². The topological polar surface area (TPSA) is 38.3 Å². The molecule has 0 bridgehead atoms. The molecule has 1 N–H and O–H groups in total. The Balaban J connectivity index is 1.99. The van der Waals surface area contributed by atoms with Crippen LogP contribution in [0.15, 0.2) is 42.5 Å². The lowest BCUT2D eigenvalue weighted by Crippen LogP contribution is -2.25. The van der Waals surface area contributed by atoms with Gasteiger partial charge in [0.15, 0.2) is 0 Å². The van der Waals surface area contributed by atoms with Crippen LogP contribution in [-0.4, -0.2) is 12.5 Å². The zero-order valence-corrected chi connectivity index (χ0v) is 11.2. The van der Waals surface area contributed by atoms with E-state index in [0.29, 0.717) is 5.56 Å². The molecule has 0 unspecified atom stereocenters. The number of nitrogens with one attached hydrogen (secondary N) is 1. The third-order valence-corrected chi connectivity index (χ3v) is 2.79. The zero-order valence-electron chi connectivity index (χ0n) is 11.2. The number of rotatable bonds is 5. The second-order valence-electron chi connectivity index (χ2n) is 4.30. The minimum absolute atomic E-state index is 0.0123. The molecule has 1 amide bonds. The monoisotopic (exact) mass is 313 g/mol. The molecule has 0 aromatic heterocycles. The highest BCUT2D eigenvalue weighted by Crippen LogP contribution is 2.15. The summed E-state index contributed by atoms with van der Waals surface area (Å²) < 4.78 is 55.0. The smallest absolute Gasteiger partial charge is 0.387 e. The van der Waals surface area contributed by atoms with E-state index in [4.69, 9.17) is 0 Å². The van der Waals surface area contributed by atoms with Gasteiger partial charge in [-0.15, -0.1) is 0 Å². The zero-order chi connectivity index (χ0) is 16.1. The van der Waals surface area contributed by atoms with Crippen molar-refractivity contribution in [3.05, 3.63) is 65.2 Å². The summed E-state index contributed by atoms with van der Waals surface area (Å²) in [6, 6.07) is 8.63. The highest BCUT2D eigenvalue weighted by molar-refractivity contribution is 5.94. The Bertz CT molecular complexity index is 639. The van der Waals surface area contributed by atoms with E-state index in [0.717, 1.165) is 18.2 Å². The van der Waals surface area contributed by atoms with Gasteiger partial charge in [0.05, 0.1) is 0 Å². The van der Waals surface area contributed by atoms with Gasteiger partial charge in [-0.3, -0.25) is 4.79 Å². The predicted octanol–water partition coefficient (Wildman–Crippen LogP) is 3.50. The van der Waals surface area contributed by atoms with Gasteiger partial charge in [-0.05, 0) is 29.8 Å². The molecule has 0 aliphatic rings. The van der Waals surface area contributed by atoms with Gasteiger partial charge in [0, 0.05) is 6.54 Å². The van der Waals surface area contributed by atoms with Crippen molar-refractivity contribution in [3.8, 4) is 5.75 Å². The molecular formula is C15H11F4NO2. The molecule has 0 atom stereocenters. The quantitative estimate of drug-likeness (QED) is 0.858. The van der Waals surface area contributed by atoms with Crippen molar-refractivity contribution < 1.29 is 27.1 Å². The number of hydrogen-bond donors (Lipinski definition) is 1. The number of alkyl halides is 2. The van der Waals surface area contributed by atoms with Crippen molar-refractivity contribution in [2.75, 3.05) is 0 Å².